The minimum absolute atomic E-state index is 0.0705. The summed E-state index contributed by atoms with van der Waals surface area (Å²) in [6.45, 7) is 5.83. The van der Waals surface area contributed by atoms with Gasteiger partial charge >= 0.3 is 5.97 Å². The highest BCUT2D eigenvalue weighted by Gasteiger charge is 2.14. The standard InChI is InChI=1S/C15H17NO2/c1-4-12-6-8-13(9-7-12)11(3)14(10-16)15(17)18-5-2/h6-9H,4-5H2,1-3H3. The summed E-state index contributed by atoms with van der Waals surface area (Å²) in [5, 5.41) is 9.05. The molecule has 0 spiro atoms. The Morgan fingerprint density at radius 1 is 1.28 bits per heavy atom. The first kappa shape index (κ1) is 14.0. The summed E-state index contributed by atoms with van der Waals surface area (Å²) in [7, 11) is 0. The van der Waals surface area contributed by atoms with Crippen LogP contribution in [0.3, 0.4) is 0 Å². The lowest BCUT2D eigenvalue weighted by molar-refractivity contribution is -0.137. The number of rotatable bonds is 4. The van der Waals surface area contributed by atoms with Crippen LogP contribution in [-0.4, -0.2) is 12.6 Å². The van der Waals surface area contributed by atoms with E-state index in [1.807, 2.05) is 30.3 Å². The van der Waals surface area contributed by atoms with E-state index in [0.717, 1.165) is 12.0 Å². The van der Waals surface area contributed by atoms with Crippen LogP contribution in [0.2, 0.25) is 0 Å². The van der Waals surface area contributed by atoms with Crippen LogP contribution in [0.4, 0.5) is 0 Å². The average Bonchev–Trinajstić information content (AvgIpc) is 2.40. The molecule has 1 aromatic rings. The number of hydrogen-bond donors (Lipinski definition) is 0. The zero-order chi connectivity index (χ0) is 13.5. The van der Waals surface area contributed by atoms with Crippen molar-refractivity contribution in [3.05, 3.63) is 41.0 Å². The molecular formula is C15H17NO2. The van der Waals surface area contributed by atoms with Gasteiger partial charge in [0, 0.05) is 0 Å². The van der Waals surface area contributed by atoms with E-state index in [4.69, 9.17) is 10.00 Å². The Balaban J connectivity index is 3.11. The molecule has 1 aromatic carbocycles. The zero-order valence-corrected chi connectivity index (χ0v) is 11.0. The SMILES string of the molecule is CCOC(=O)C(C#N)=C(C)c1ccc(CC)cc1. The maximum atomic E-state index is 11.6. The van der Waals surface area contributed by atoms with Gasteiger partial charge in [-0.1, -0.05) is 31.2 Å². The number of carbonyl (C=O) groups excluding carboxylic acids is 1. The minimum atomic E-state index is -0.558. The lowest BCUT2D eigenvalue weighted by atomic mass is 10.0. The molecule has 0 aliphatic heterocycles. The summed E-state index contributed by atoms with van der Waals surface area (Å²) >= 11 is 0. The maximum Gasteiger partial charge on any atom is 0.349 e. The zero-order valence-electron chi connectivity index (χ0n) is 11.0. The molecule has 0 unspecified atom stereocenters. The second-order valence-corrected chi connectivity index (χ2v) is 3.88. The quantitative estimate of drug-likeness (QED) is 0.464. The van der Waals surface area contributed by atoms with E-state index in [1.54, 1.807) is 13.8 Å². The first-order valence-electron chi connectivity index (χ1n) is 6.01. The van der Waals surface area contributed by atoms with Gasteiger partial charge in [0.2, 0.25) is 0 Å². The molecule has 0 amide bonds. The lowest BCUT2D eigenvalue weighted by Gasteiger charge is -2.06. The van der Waals surface area contributed by atoms with Crippen molar-refractivity contribution in [3.8, 4) is 6.07 Å². The van der Waals surface area contributed by atoms with Crippen molar-refractivity contribution in [2.24, 2.45) is 0 Å². The smallest absolute Gasteiger partial charge is 0.349 e. The Morgan fingerprint density at radius 3 is 2.33 bits per heavy atom. The van der Waals surface area contributed by atoms with Crippen molar-refractivity contribution < 1.29 is 9.53 Å². The fourth-order valence-electron chi connectivity index (χ4n) is 1.62. The second-order valence-electron chi connectivity index (χ2n) is 3.88. The Bertz CT molecular complexity index is 492. The van der Waals surface area contributed by atoms with Crippen molar-refractivity contribution in [1.82, 2.24) is 0 Å². The molecule has 0 atom stereocenters. The van der Waals surface area contributed by atoms with Gasteiger partial charge in [0.25, 0.3) is 0 Å². The molecule has 0 N–H and O–H groups in total. The molecule has 0 aliphatic rings. The van der Waals surface area contributed by atoms with Crippen LogP contribution in [0.15, 0.2) is 29.8 Å². The molecule has 3 nitrogen and oxygen atoms in total. The molecule has 0 aromatic heterocycles. The van der Waals surface area contributed by atoms with Crippen LogP contribution in [-0.2, 0) is 16.0 Å². The van der Waals surface area contributed by atoms with Crippen molar-refractivity contribution in [2.45, 2.75) is 27.2 Å². The predicted molar refractivity (Wildman–Crippen MR) is 70.7 cm³/mol. The van der Waals surface area contributed by atoms with Crippen LogP contribution in [0.25, 0.3) is 5.57 Å². The van der Waals surface area contributed by atoms with E-state index in [9.17, 15) is 4.79 Å². The molecule has 3 heteroatoms. The van der Waals surface area contributed by atoms with E-state index >= 15 is 0 Å². The Labute approximate surface area is 108 Å². The third-order valence-electron chi connectivity index (χ3n) is 2.76. The molecule has 0 fully saturated rings. The van der Waals surface area contributed by atoms with Crippen LogP contribution in [0.5, 0.6) is 0 Å². The predicted octanol–water partition coefficient (Wildman–Crippen LogP) is 3.11. The van der Waals surface area contributed by atoms with Gasteiger partial charge in [-0.3, -0.25) is 0 Å². The van der Waals surface area contributed by atoms with Crippen molar-refractivity contribution in [2.75, 3.05) is 6.61 Å². The van der Waals surface area contributed by atoms with E-state index in [-0.39, 0.29) is 12.2 Å². The Morgan fingerprint density at radius 2 is 1.89 bits per heavy atom. The lowest BCUT2D eigenvalue weighted by Crippen LogP contribution is -2.08. The van der Waals surface area contributed by atoms with Gasteiger partial charge in [0.15, 0.2) is 0 Å². The highest BCUT2D eigenvalue weighted by Crippen LogP contribution is 2.19. The molecule has 0 saturated heterocycles. The van der Waals surface area contributed by atoms with Gasteiger partial charge in [0.05, 0.1) is 6.61 Å². The highest BCUT2D eigenvalue weighted by molar-refractivity contribution is 6.01. The first-order valence-corrected chi connectivity index (χ1v) is 6.01. The second kappa shape index (κ2) is 6.61. The fourth-order valence-corrected chi connectivity index (χ4v) is 1.62. The Kier molecular flexibility index (Phi) is 5.13. The van der Waals surface area contributed by atoms with Crippen LogP contribution in [0, 0.1) is 11.3 Å². The summed E-state index contributed by atoms with van der Waals surface area (Å²) in [5.41, 5.74) is 2.82. The summed E-state index contributed by atoms with van der Waals surface area (Å²) in [6.07, 6.45) is 0.964. The fraction of sp³-hybridized carbons (Fsp3) is 0.333. The van der Waals surface area contributed by atoms with E-state index in [0.29, 0.717) is 5.57 Å². The number of carbonyl (C=O) groups is 1. The number of benzene rings is 1. The maximum absolute atomic E-state index is 11.6. The largest absolute Gasteiger partial charge is 0.462 e. The number of esters is 1. The number of aryl methyl sites for hydroxylation is 1. The molecular weight excluding hydrogens is 226 g/mol. The van der Waals surface area contributed by atoms with Gasteiger partial charge in [0.1, 0.15) is 11.6 Å². The molecule has 0 aliphatic carbocycles. The van der Waals surface area contributed by atoms with Gasteiger partial charge < -0.3 is 4.74 Å². The topological polar surface area (TPSA) is 50.1 Å². The van der Waals surface area contributed by atoms with Crippen molar-refractivity contribution >= 4 is 11.5 Å². The molecule has 94 valence electrons. The highest BCUT2D eigenvalue weighted by atomic mass is 16.5. The van der Waals surface area contributed by atoms with Crippen molar-refractivity contribution in [3.63, 3.8) is 0 Å². The van der Waals surface area contributed by atoms with E-state index in [2.05, 4.69) is 6.92 Å². The van der Waals surface area contributed by atoms with Gasteiger partial charge in [-0.2, -0.15) is 5.26 Å². The molecule has 0 bridgehead atoms. The van der Waals surface area contributed by atoms with Gasteiger partial charge in [-0.15, -0.1) is 0 Å². The summed E-state index contributed by atoms with van der Waals surface area (Å²) in [5.74, 6) is -0.558. The normalized spacial score (nSPS) is 11.4. The molecule has 0 saturated carbocycles. The van der Waals surface area contributed by atoms with Crippen LogP contribution < -0.4 is 0 Å². The number of nitrogens with zero attached hydrogens (tertiary/aromatic N) is 1. The van der Waals surface area contributed by atoms with E-state index in [1.165, 1.54) is 5.56 Å². The number of nitriles is 1. The third-order valence-corrected chi connectivity index (χ3v) is 2.76. The summed E-state index contributed by atoms with van der Waals surface area (Å²) < 4.78 is 4.86. The summed E-state index contributed by atoms with van der Waals surface area (Å²) in [4.78, 5) is 11.6. The van der Waals surface area contributed by atoms with Crippen molar-refractivity contribution in [1.29, 1.82) is 5.26 Å². The first-order chi connectivity index (χ1) is 8.63. The minimum Gasteiger partial charge on any atom is -0.462 e. The van der Waals surface area contributed by atoms with Gasteiger partial charge in [-0.25, -0.2) is 4.79 Å². The molecule has 0 heterocycles. The van der Waals surface area contributed by atoms with Crippen LogP contribution in [0.1, 0.15) is 31.9 Å². The molecule has 18 heavy (non-hydrogen) atoms. The number of ether oxygens (including phenoxy) is 1. The number of allylic oxidation sites excluding steroid dienone is 1. The third kappa shape index (κ3) is 3.21. The monoisotopic (exact) mass is 243 g/mol. The van der Waals surface area contributed by atoms with Gasteiger partial charge in [-0.05, 0) is 37.0 Å². The van der Waals surface area contributed by atoms with Crippen LogP contribution >= 0.6 is 0 Å². The molecule has 1 rings (SSSR count). The van der Waals surface area contributed by atoms with E-state index < -0.39 is 5.97 Å². The molecule has 0 radical (unpaired) electrons. The number of hydrogen-bond acceptors (Lipinski definition) is 3. The Hall–Kier alpha value is -2.08. The summed E-state index contributed by atoms with van der Waals surface area (Å²) in [6, 6.07) is 9.76. The average molecular weight is 243 g/mol.